The van der Waals surface area contributed by atoms with Crippen LogP contribution >= 0.6 is 27.3 Å². The molecule has 2 rings (SSSR count). The molecule has 2 N–H and O–H groups in total. The summed E-state index contributed by atoms with van der Waals surface area (Å²) in [4.78, 5) is 13.1. The van der Waals surface area contributed by atoms with Crippen LogP contribution in [-0.4, -0.2) is 11.9 Å². The van der Waals surface area contributed by atoms with Gasteiger partial charge in [0, 0.05) is 26.6 Å². The Balaban J connectivity index is 1.95. The van der Waals surface area contributed by atoms with Crippen LogP contribution in [0.3, 0.4) is 0 Å². The minimum Gasteiger partial charge on any atom is -0.380 e. The second kappa shape index (κ2) is 6.90. The van der Waals surface area contributed by atoms with Crippen LogP contribution in [-0.2, 0) is 6.54 Å². The first-order valence-corrected chi connectivity index (χ1v) is 8.10. The number of amides is 1. The minimum atomic E-state index is -0.0347. The molecule has 2 aromatic rings. The predicted octanol–water partition coefficient (Wildman–Crippen LogP) is 4.26. The predicted molar refractivity (Wildman–Crippen MR) is 88.4 cm³/mol. The molecule has 0 atom stereocenters. The van der Waals surface area contributed by atoms with Crippen molar-refractivity contribution in [1.82, 2.24) is 5.32 Å². The molecule has 1 aromatic carbocycles. The van der Waals surface area contributed by atoms with Gasteiger partial charge >= 0.3 is 0 Å². The van der Waals surface area contributed by atoms with Gasteiger partial charge in [0.25, 0.3) is 5.91 Å². The quantitative estimate of drug-likeness (QED) is 0.843. The molecule has 0 spiro atoms. The van der Waals surface area contributed by atoms with Crippen molar-refractivity contribution in [2.24, 2.45) is 0 Å². The van der Waals surface area contributed by atoms with Gasteiger partial charge < -0.3 is 10.6 Å². The van der Waals surface area contributed by atoms with E-state index in [1.807, 2.05) is 44.2 Å². The second-order valence-electron chi connectivity index (χ2n) is 4.75. The molecular formula is C15H17BrN2OS. The first kappa shape index (κ1) is 15.1. The Hall–Kier alpha value is -1.33. The Morgan fingerprint density at radius 1 is 1.25 bits per heavy atom. The molecule has 0 aliphatic heterocycles. The zero-order valence-electron chi connectivity index (χ0n) is 11.4. The van der Waals surface area contributed by atoms with Crippen LogP contribution in [0.15, 0.2) is 40.2 Å². The molecule has 0 bridgehead atoms. The summed E-state index contributed by atoms with van der Waals surface area (Å²) in [5, 5.41) is 8.28. The van der Waals surface area contributed by atoms with E-state index in [-0.39, 0.29) is 11.9 Å². The zero-order chi connectivity index (χ0) is 14.5. The molecule has 1 heterocycles. The lowest BCUT2D eigenvalue weighted by molar-refractivity contribution is 0.0943. The number of rotatable bonds is 5. The highest BCUT2D eigenvalue weighted by atomic mass is 79.9. The molecule has 5 heteroatoms. The number of hydrogen-bond donors (Lipinski definition) is 2. The van der Waals surface area contributed by atoms with Crippen LogP contribution in [0.2, 0.25) is 0 Å². The van der Waals surface area contributed by atoms with Crippen molar-refractivity contribution in [3.8, 4) is 0 Å². The largest absolute Gasteiger partial charge is 0.380 e. The minimum absolute atomic E-state index is 0.0347. The van der Waals surface area contributed by atoms with Crippen LogP contribution < -0.4 is 10.6 Å². The Morgan fingerprint density at radius 2 is 1.95 bits per heavy atom. The fourth-order valence-electron chi connectivity index (χ4n) is 1.72. The Bertz CT molecular complexity index is 578. The number of hydrogen-bond acceptors (Lipinski definition) is 3. The number of nitrogens with one attached hydrogen (secondary N) is 2. The van der Waals surface area contributed by atoms with Gasteiger partial charge in [0.05, 0.1) is 6.54 Å². The van der Waals surface area contributed by atoms with Gasteiger partial charge in [-0.15, -0.1) is 11.3 Å². The summed E-state index contributed by atoms with van der Waals surface area (Å²) in [7, 11) is 0. The van der Waals surface area contributed by atoms with E-state index in [2.05, 4.69) is 31.9 Å². The molecule has 1 aromatic heterocycles. The molecule has 1 amide bonds. The number of halogens is 1. The van der Waals surface area contributed by atoms with E-state index in [0.29, 0.717) is 5.56 Å². The Kier molecular flexibility index (Phi) is 5.20. The van der Waals surface area contributed by atoms with E-state index in [4.69, 9.17) is 0 Å². The highest BCUT2D eigenvalue weighted by molar-refractivity contribution is 9.10. The Labute approximate surface area is 131 Å². The van der Waals surface area contributed by atoms with Crippen molar-refractivity contribution in [1.29, 1.82) is 0 Å². The van der Waals surface area contributed by atoms with Gasteiger partial charge in [0.1, 0.15) is 0 Å². The van der Waals surface area contributed by atoms with Gasteiger partial charge in [-0.2, -0.15) is 0 Å². The van der Waals surface area contributed by atoms with Crippen molar-refractivity contribution in [2.45, 2.75) is 26.4 Å². The normalized spacial score (nSPS) is 10.6. The number of benzene rings is 1. The maximum atomic E-state index is 11.8. The van der Waals surface area contributed by atoms with Gasteiger partial charge in [-0.25, -0.2) is 0 Å². The maximum Gasteiger partial charge on any atom is 0.251 e. The summed E-state index contributed by atoms with van der Waals surface area (Å²) in [6, 6.07) is 9.72. The van der Waals surface area contributed by atoms with Crippen molar-refractivity contribution >= 4 is 38.9 Å². The topological polar surface area (TPSA) is 41.1 Å². The average molecular weight is 353 g/mol. The van der Waals surface area contributed by atoms with Crippen LogP contribution in [0, 0.1) is 0 Å². The molecular weight excluding hydrogens is 336 g/mol. The third kappa shape index (κ3) is 4.08. The molecule has 20 heavy (non-hydrogen) atoms. The van der Waals surface area contributed by atoms with Crippen LogP contribution in [0.4, 0.5) is 5.69 Å². The number of carbonyl (C=O) groups excluding carboxylic acids is 1. The van der Waals surface area contributed by atoms with Crippen LogP contribution in [0.1, 0.15) is 29.1 Å². The highest BCUT2D eigenvalue weighted by Gasteiger charge is 2.06. The summed E-state index contributed by atoms with van der Waals surface area (Å²) >= 11 is 5.22. The average Bonchev–Trinajstić information content (AvgIpc) is 2.82. The van der Waals surface area contributed by atoms with Gasteiger partial charge in [0.15, 0.2) is 0 Å². The summed E-state index contributed by atoms with van der Waals surface area (Å²) in [6.07, 6.45) is 0. The number of anilines is 1. The lowest BCUT2D eigenvalue weighted by atomic mass is 10.2. The van der Waals surface area contributed by atoms with E-state index in [9.17, 15) is 4.79 Å². The zero-order valence-corrected chi connectivity index (χ0v) is 13.8. The summed E-state index contributed by atoms with van der Waals surface area (Å²) in [5.41, 5.74) is 1.69. The Morgan fingerprint density at radius 3 is 2.50 bits per heavy atom. The molecule has 0 saturated heterocycles. The van der Waals surface area contributed by atoms with Crippen molar-refractivity contribution in [3.05, 3.63) is 50.6 Å². The van der Waals surface area contributed by atoms with Crippen molar-refractivity contribution < 1.29 is 4.79 Å². The summed E-state index contributed by atoms with van der Waals surface area (Å²) in [6.45, 7) is 4.68. The monoisotopic (exact) mass is 352 g/mol. The number of carbonyl (C=O) groups is 1. The summed E-state index contributed by atoms with van der Waals surface area (Å²) in [5.74, 6) is -0.0347. The lowest BCUT2D eigenvalue weighted by Crippen LogP contribution is -2.29. The van der Waals surface area contributed by atoms with E-state index in [1.165, 1.54) is 4.88 Å². The van der Waals surface area contributed by atoms with E-state index < -0.39 is 0 Å². The molecule has 3 nitrogen and oxygen atoms in total. The molecule has 0 aliphatic rings. The van der Waals surface area contributed by atoms with Gasteiger partial charge in [0.2, 0.25) is 0 Å². The molecule has 0 unspecified atom stereocenters. The molecule has 0 saturated carbocycles. The lowest BCUT2D eigenvalue weighted by Gasteiger charge is -2.09. The third-order valence-electron chi connectivity index (χ3n) is 2.71. The first-order valence-electron chi connectivity index (χ1n) is 6.43. The first-order chi connectivity index (χ1) is 9.56. The molecule has 0 radical (unpaired) electrons. The highest BCUT2D eigenvalue weighted by Crippen LogP contribution is 2.23. The van der Waals surface area contributed by atoms with Crippen LogP contribution in [0.25, 0.3) is 0 Å². The fraction of sp³-hybridized carbons (Fsp3) is 0.267. The van der Waals surface area contributed by atoms with Crippen LogP contribution in [0.5, 0.6) is 0 Å². The number of thiophene rings is 1. The second-order valence-corrected chi connectivity index (χ2v) is 6.61. The summed E-state index contributed by atoms with van der Waals surface area (Å²) < 4.78 is 1.13. The van der Waals surface area contributed by atoms with Gasteiger partial charge in [-0.1, -0.05) is 0 Å². The van der Waals surface area contributed by atoms with E-state index in [0.717, 1.165) is 16.7 Å². The van der Waals surface area contributed by atoms with E-state index in [1.54, 1.807) is 11.3 Å². The van der Waals surface area contributed by atoms with Crippen molar-refractivity contribution in [3.63, 3.8) is 0 Å². The molecule has 0 fully saturated rings. The molecule has 0 aliphatic carbocycles. The van der Waals surface area contributed by atoms with E-state index >= 15 is 0 Å². The standard InChI is InChI=1S/C15H17BrN2OS/c1-10(2)18-15(19)11-3-5-12(6-4-11)17-9-14-13(16)7-8-20-14/h3-8,10,17H,9H2,1-2H3,(H,18,19). The SMILES string of the molecule is CC(C)NC(=O)c1ccc(NCc2sccc2Br)cc1. The fourth-order valence-corrected chi connectivity index (χ4v) is 3.15. The maximum absolute atomic E-state index is 11.8. The van der Waals surface area contributed by atoms with Gasteiger partial charge in [-0.05, 0) is 65.5 Å². The third-order valence-corrected chi connectivity index (χ3v) is 4.64. The molecule has 106 valence electrons. The van der Waals surface area contributed by atoms with Gasteiger partial charge in [-0.3, -0.25) is 4.79 Å². The smallest absolute Gasteiger partial charge is 0.251 e. The van der Waals surface area contributed by atoms with Crippen molar-refractivity contribution in [2.75, 3.05) is 5.32 Å².